The molecule has 0 aromatic heterocycles. The lowest BCUT2D eigenvalue weighted by Crippen LogP contribution is -2.48. The van der Waals surface area contributed by atoms with Gasteiger partial charge in [-0.05, 0) is 57.6 Å². The van der Waals surface area contributed by atoms with E-state index in [1.54, 1.807) is 0 Å². The molecule has 128 valence electrons. The van der Waals surface area contributed by atoms with Gasteiger partial charge in [0.15, 0.2) is 0 Å². The summed E-state index contributed by atoms with van der Waals surface area (Å²) in [6, 6.07) is 8.20. The van der Waals surface area contributed by atoms with E-state index >= 15 is 0 Å². The van der Waals surface area contributed by atoms with Crippen LogP contribution >= 0.6 is 11.6 Å². The van der Waals surface area contributed by atoms with Gasteiger partial charge < -0.3 is 14.4 Å². The van der Waals surface area contributed by atoms with E-state index in [1.807, 2.05) is 24.3 Å². The largest absolute Gasteiger partial charge is 0.492 e. The number of likely N-dealkylation sites (tertiary alicyclic amines) is 1. The van der Waals surface area contributed by atoms with Crippen molar-refractivity contribution in [1.29, 1.82) is 0 Å². The van der Waals surface area contributed by atoms with Gasteiger partial charge in [0.1, 0.15) is 12.4 Å². The van der Waals surface area contributed by atoms with Gasteiger partial charge >= 0.3 is 0 Å². The Morgan fingerprint density at radius 3 is 2.87 bits per heavy atom. The molecule has 5 heteroatoms. The molecule has 1 aromatic rings. The first-order chi connectivity index (χ1) is 11.1. The second-order valence-corrected chi connectivity index (χ2v) is 7.41. The summed E-state index contributed by atoms with van der Waals surface area (Å²) in [5, 5.41) is 0.740. The molecule has 1 spiro atoms. The fraction of sp³-hybridized carbons (Fsp3) is 0.667. The Labute approximate surface area is 144 Å². The molecule has 0 saturated carbocycles. The number of hydrogen-bond donors (Lipinski definition) is 0. The van der Waals surface area contributed by atoms with E-state index in [2.05, 4.69) is 23.9 Å². The van der Waals surface area contributed by atoms with E-state index in [0.29, 0.717) is 12.6 Å². The third-order valence-electron chi connectivity index (χ3n) is 5.08. The monoisotopic (exact) mass is 338 g/mol. The van der Waals surface area contributed by atoms with Crippen molar-refractivity contribution < 1.29 is 9.47 Å². The Kier molecular flexibility index (Phi) is 5.47. The highest BCUT2D eigenvalue weighted by molar-refractivity contribution is 6.30. The van der Waals surface area contributed by atoms with Crippen LogP contribution in [0.2, 0.25) is 5.02 Å². The molecule has 0 bridgehead atoms. The highest BCUT2D eigenvalue weighted by Crippen LogP contribution is 2.35. The van der Waals surface area contributed by atoms with E-state index in [9.17, 15) is 0 Å². The van der Waals surface area contributed by atoms with E-state index in [0.717, 1.165) is 56.3 Å². The molecule has 2 aliphatic heterocycles. The number of ether oxygens (including phenoxy) is 2. The van der Waals surface area contributed by atoms with E-state index < -0.39 is 0 Å². The van der Waals surface area contributed by atoms with Crippen molar-refractivity contribution in [2.75, 3.05) is 46.9 Å². The van der Waals surface area contributed by atoms with Crippen LogP contribution in [0.4, 0.5) is 0 Å². The molecule has 2 saturated heterocycles. The Morgan fingerprint density at radius 1 is 1.35 bits per heavy atom. The standard InChI is InChI=1S/C18H27ClN2O2/c1-20(2)16-7-11-23-18(13-16)8-9-21(14-18)10-12-22-17-5-3-15(19)4-6-17/h3-6,16H,7-14H2,1-2H3/t16-,18-/m0/s1. The van der Waals surface area contributed by atoms with Crippen LogP contribution in [0.5, 0.6) is 5.75 Å². The van der Waals surface area contributed by atoms with Crippen molar-refractivity contribution in [3.05, 3.63) is 29.3 Å². The Morgan fingerprint density at radius 2 is 2.13 bits per heavy atom. The molecular formula is C18H27ClN2O2. The molecule has 0 aliphatic carbocycles. The molecule has 23 heavy (non-hydrogen) atoms. The van der Waals surface area contributed by atoms with Gasteiger partial charge in [-0.1, -0.05) is 11.6 Å². The molecule has 4 nitrogen and oxygen atoms in total. The van der Waals surface area contributed by atoms with Crippen molar-refractivity contribution >= 4 is 11.6 Å². The summed E-state index contributed by atoms with van der Waals surface area (Å²) in [4.78, 5) is 4.81. The van der Waals surface area contributed by atoms with Crippen molar-refractivity contribution in [3.63, 3.8) is 0 Å². The maximum Gasteiger partial charge on any atom is 0.119 e. The second-order valence-electron chi connectivity index (χ2n) is 6.97. The maximum atomic E-state index is 6.19. The summed E-state index contributed by atoms with van der Waals surface area (Å²) in [6.45, 7) is 4.67. The summed E-state index contributed by atoms with van der Waals surface area (Å²) in [6.07, 6.45) is 3.43. The van der Waals surface area contributed by atoms with Gasteiger partial charge in [0.25, 0.3) is 0 Å². The van der Waals surface area contributed by atoms with Gasteiger partial charge in [-0.25, -0.2) is 0 Å². The predicted octanol–water partition coefficient (Wildman–Crippen LogP) is 2.90. The summed E-state index contributed by atoms with van der Waals surface area (Å²) < 4.78 is 12.0. The molecule has 2 heterocycles. The smallest absolute Gasteiger partial charge is 0.119 e. The van der Waals surface area contributed by atoms with Gasteiger partial charge in [0, 0.05) is 37.3 Å². The normalized spacial score (nSPS) is 28.6. The first kappa shape index (κ1) is 17.0. The van der Waals surface area contributed by atoms with Crippen molar-refractivity contribution in [2.24, 2.45) is 0 Å². The zero-order valence-corrected chi connectivity index (χ0v) is 14.9. The molecular weight excluding hydrogens is 312 g/mol. The van der Waals surface area contributed by atoms with Crippen LogP contribution in [0.25, 0.3) is 0 Å². The Balaban J connectivity index is 1.45. The lowest BCUT2D eigenvalue weighted by atomic mass is 9.89. The number of halogens is 1. The zero-order valence-electron chi connectivity index (χ0n) is 14.1. The topological polar surface area (TPSA) is 24.9 Å². The predicted molar refractivity (Wildman–Crippen MR) is 93.4 cm³/mol. The molecule has 0 amide bonds. The molecule has 2 fully saturated rings. The van der Waals surface area contributed by atoms with E-state index in [4.69, 9.17) is 21.1 Å². The lowest BCUT2D eigenvalue weighted by Gasteiger charge is -2.40. The number of hydrogen-bond acceptors (Lipinski definition) is 4. The SMILES string of the molecule is CN(C)[C@H]1CCO[C@@]2(CCN(CCOc3ccc(Cl)cc3)C2)C1. The molecule has 2 atom stereocenters. The van der Waals surface area contributed by atoms with Crippen LogP contribution in [0.3, 0.4) is 0 Å². The van der Waals surface area contributed by atoms with E-state index in [-0.39, 0.29) is 5.60 Å². The van der Waals surface area contributed by atoms with Gasteiger partial charge in [-0.3, -0.25) is 4.90 Å². The molecule has 3 rings (SSSR count). The van der Waals surface area contributed by atoms with Crippen LogP contribution in [-0.2, 0) is 4.74 Å². The zero-order chi connectivity index (χ0) is 16.3. The van der Waals surface area contributed by atoms with Gasteiger partial charge in [-0.2, -0.15) is 0 Å². The highest BCUT2D eigenvalue weighted by Gasteiger charge is 2.43. The highest BCUT2D eigenvalue weighted by atomic mass is 35.5. The summed E-state index contributed by atoms with van der Waals surface area (Å²) in [5.41, 5.74) is 0.0630. The van der Waals surface area contributed by atoms with Crippen LogP contribution in [-0.4, -0.2) is 68.4 Å². The van der Waals surface area contributed by atoms with Gasteiger partial charge in [0.05, 0.1) is 5.60 Å². The quantitative estimate of drug-likeness (QED) is 0.824. The fourth-order valence-electron chi connectivity index (χ4n) is 3.67. The molecule has 0 radical (unpaired) electrons. The summed E-state index contributed by atoms with van der Waals surface area (Å²) in [7, 11) is 4.35. The second kappa shape index (κ2) is 7.39. The Hall–Kier alpha value is -0.810. The first-order valence-electron chi connectivity index (χ1n) is 8.47. The maximum absolute atomic E-state index is 6.19. The van der Waals surface area contributed by atoms with Crippen molar-refractivity contribution in [2.45, 2.75) is 30.9 Å². The number of rotatable bonds is 5. The van der Waals surface area contributed by atoms with Crippen LogP contribution in [0, 0.1) is 0 Å². The molecule has 1 aromatic carbocycles. The first-order valence-corrected chi connectivity index (χ1v) is 8.85. The third kappa shape index (κ3) is 4.38. The summed E-state index contributed by atoms with van der Waals surface area (Å²) in [5.74, 6) is 0.880. The fourth-order valence-corrected chi connectivity index (χ4v) is 3.79. The van der Waals surface area contributed by atoms with Gasteiger partial charge in [-0.15, -0.1) is 0 Å². The number of benzene rings is 1. The molecule has 0 N–H and O–H groups in total. The average molecular weight is 339 g/mol. The minimum absolute atomic E-state index is 0.0630. The van der Waals surface area contributed by atoms with Gasteiger partial charge in [0.2, 0.25) is 0 Å². The van der Waals surface area contributed by atoms with Crippen LogP contribution < -0.4 is 4.74 Å². The minimum Gasteiger partial charge on any atom is -0.492 e. The Bertz CT molecular complexity index is 508. The van der Waals surface area contributed by atoms with Crippen molar-refractivity contribution in [3.8, 4) is 5.75 Å². The summed E-state index contributed by atoms with van der Waals surface area (Å²) >= 11 is 5.88. The number of nitrogens with zero attached hydrogens (tertiary/aromatic N) is 2. The minimum atomic E-state index is 0.0630. The average Bonchev–Trinajstić information content (AvgIpc) is 2.92. The molecule has 2 aliphatic rings. The van der Waals surface area contributed by atoms with Crippen LogP contribution in [0.15, 0.2) is 24.3 Å². The van der Waals surface area contributed by atoms with E-state index in [1.165, 1.54) is 0 Å². The molecule has 0 unspecified atom stereocenters. The lowest BCUT2D eigenvalue weighted by molar-refractivity contribution is -0.0931. The van der Waals surface area contributed by atoms with Crippen molar-refractivity contribution in [1.82, 2.24) is 9.80 Å². The third-order valence-corrected chi connectivity index (χ3v) is 5.33. The van der Waals surface area contributed by atoms with Crippen LogP contribution in [0.1, 0.15) is 19.3 Å².